The van der Waals surface area contributed by atoms with Gasteiger partial charge in [0.25, 0.3) is 0 Å². The van der Waals surface area contributed by atoms with E-state index in [0.29, 0.717) is 11.3 Å². The maximum Gasteiger partial charge on any atom is 0.419 e. The lowest BCUT2D eigenvalue weighted by molar-refractivity contribution is -0.137. The van der Waals surface area contributed by atoms with E-state index in [1.807, 2.05) is 16.9 Å². The number of fused-ring (bicyclic) bond motifs is 2. The molecule has 152 valence electrons. The molecule has 1 atom stereocenters. The lowest BCUT2D eigenvalue weighted by Gasteiger charge is -2.23. The minimum absolute atomic E-state index is 0.0145. The van der Waals surface area contributed by atoms with E-state index in [2.05, 4.69) is 25.0 Å². The lowest BCUT2D eigenvalue weighted by Crippen LogP contribution is -2.28. The van der Waals surface area contributed by atoms with Gasteiger partial charge in [0.2, 0.25) is 0 Å². The van der Waals surface area contributed by atoms with Crippen LogP contribution in [0.5, 0.6) is 0 Å². The number of H-pyrrole nitrogens is 1. The highest BCUT2D eigenvalue weighted by atomic mass is 19.4. The van der Waals surface area contributed by atoms with Crippen molar-refractivity contribution in [3.8, 4) is 11.3 Å². The predicted molar refractivity (Wildman–Crippen MR) is 99.6 cm³/mol. The van der Waals surface area contributed by atoms with Crippen LogP contribution in [0.3, 0.4) is 0 Å². The van der Waals surface area contributed by atoms with Crippen molar-refractivity contribution in [2.75, 3.05) is 18.8 Å². The molecule has 5 heterocycles. The van der Waals surface area contributed by atoms with Crippen molar-refractivity contribution in [1.29, 1.82) is 0 Å². The summed E-state index contributed by atoms with van der Waals surface area (Å²) < 4.78 is 41.5. The Morgan fingerprint density at radius 3 is 2.76 bits per heavy atom. The Hall–Kier alpha value is -2.88. The molecule has 5 rings (SSSR count). The smallest absolute Gasteiger partial charge is 0.383 e. The number of aromatic nitrogens is 5. The molecule has 2 aliphatic heterocycles. The van der Waals surface area contributed by atoms with Gasteiger partial charge in [-0.25, -0.2) is 9.97 Å². The largest absolute Gasteiger partial charge is 0.419 e. The summed E-state index contributed by atoms with van der Waals surface area (Å²) in [6.45, 7) is 3.42. The van der Waals surface area contributed by atoms with E-state index in [4.69, 9.17) is 5.73 Å². The topological polar surface area (TPSA) is 88.7 Å². The lowest BCUT2D eigenvalue weighted by atomic mass is 9.82. The zero-order chi connectivity index (χ0) is 20.2. The molecule has 0 saturated carbocycles. The van der Waals surface area contributed by atoms with E-state index in [1.165, 1.54) is 6.20 Å². The van der Waals surface area contributed by atoms with Crippen molar-refractivity contribution in [2.45, 2.75) is 37.5 Å². The van der Waals surface area contributed by atoms with Gasteiger partial charge in [-0.3, -0.25) is 9.58 Å². The van der Waals surface area contributed by atoms with Crippen molar-refractivity contribution in [2.24, 2.45) is 0 Å². The van der Waals surface area contributed by atoms with Crippen LogP contribution in [-0.2, 0) is 24.7 Å². The van der Waals surface area contributed by atoms with Gasteiger partial charge in [0, 0.05) is 54.4 Å². The number of anilines is 1. The zero-order valence-corrected chi connectivity index (χ0v) is 15.6. The molecule has 0 aromatic carbocycles. The fourth-order valence-corrected chi connectivity index (χ4v) is 4.56. The summed E-state index contributed by atoms with van der Waals surface area (Å²) in [6.07, 6.45) is 2.30. The fourth-order valence-electron chi connectivity index (χ4n) is 4.56. The van der Waals surface area contributed by atoms with Crippen LogP contribution in [0.2, 0.25) is 0 Å². The predicted octanol–water partition coefficient (Wildman–Crippen LogP) is 2.82. The third-order valence-electron chi connectivity index (χ3n) is 6.03. The standard InChI is InChI=1S/C19H20F3N7/c20-19(21,22)14-5-12(7-25-17(14)23)15-6-16-18(2-4-29(16)27-15)1-3-28(10-18)9-13-8-24-11-26-13/h5-8,11H,1-4,9-10H2,(H2,23,25)(H,24,26). The highest BCUT2D eigenvalue weighted by molar-refractivity contribution is 5.63. The summed E-state index contributed by atoms with van der Waals surface area (Å²) in [6, 6.07) is 2.95. The number of nitrogens with two attached hydrogens (primary N) is 1. The first-order valence-electron chi connectivity index (χ1n) is 9.45. The fraction of sp³-hybridized carbons (Fsp3) is 0.421. The van der Waals surface area contributed by atoms with Gasteiger partial charge >= 0.3 is 6.18 Å². The molecule has 0 aliphatic carbocycles. The quantitative estimate of drug-likeness (QED) is 0.702. The second-order valence-electron chi connectivity index (χ2n) is 7.86. The Labute approximate surface area is 164 Å². The first kappa shape index (κ1) is 18.2. The number of aromatic amines is 1. The Morgan fingerprint density at radius 2 is 2.00 bits per heavy atom. The van der Waals surface area contributed by atoms with Crippen LogP contribution < -0.4 is 5.73 Å². The van der Waals surface area contributed by atoms with E-state index in [9.17, 15) is 13.2 Å². The Bertz CT molecular complexity index is 1040. The SMILES string of the molecule is Nc1ncc(-c2cc3n(n2)CCC32CCN(Cc3cnc[nH]3)C2)cc1C(F)(F)F. The second kappa shape index (κ2) is 6.31. The van der Waals surface area contributed by atoms with E-state index < -0.39 is 17.6 Å². The van der Waals surface area contributed by atoms with Gasteiger partial charge in [-0.05, 0) is 31.5 Å². The molecule has 10 heteroatoms. The van der Waals surface area contributed by atoms with Crippen LogP contribution >= 0.6 is 0 Å². The summed E-state index contributed by atoms with van der Waals surface area (Å²) >= 11 is 0. The number of rotatable bonds is 3. The zero-order valence-electron chi connectivity index (χ0n) is 15.6. The number of alkyl halides is 3. The first-order chi connectivity index (χ1) is 13.8. The molecule has 1 saturated heterocycles. The molecule has 1 fully saturated rings. The molecule has 0 amide bonds. The number of hydrogen-bond acceptors (Lipinski definition) is 5. The van der Waals surface area contributed by atoms with Crippen LogP contribution in [0.15, 0.2) is 30.9 Å². The average Bonchev–Trinajstić information content (AvgIpc) is 3.43. The highest BCUT2D eigenvalue weighted by Crippen LogP contribution is 2.44. The van der Waals surface area contributed by atoms with Crippen molar-refractivity contribution in [3.63, 3.8) is 0 Å². The Balaban J connectivity index is 1.43. The molecule has 0 radical (unpaired) electrons. The van der Waals surface area contributed by atoms with Crippen LogP contribution in [0.25, 0.3) is 11.3 Å². The number of likely N-dealkylation sites (tertiary alicyclic amines) is 1. The number of nitrogens with zero attached hydrogens (tertiary/aromatic N) is 5. The van der Waals surface area contributed by atoms with Crippen molar-refractivity contribution in [1.82, 2.24) is 29.6 Å². The molecule has 1 unspecified atom stereocenters. The van der Waals surface area contributed by atoms with Gasteiger partial charge in [0.15, 0.2) is 0 Å². The van der Waals surface area contributed by atoms with Gasteiger partial charge in [-0.2, -0.15) is 18.3 Å². The van der Waals surface area contributed by atoms with Crippen molar-refractivity contribution < 1.29 is 13.2 Å². The Kier molecular flexibility index (Phi) is 3.95. The Morgan fingerprint density at radius 1 is 1.17 bits per heavy atom. The van der Waals surface area contributed by atoms with E-state index in [1.54, 1.807) is 6.33 Å². The van der Waals surface area contributed by atoms with Gasteiger partial charge in [0.05, 0.1) is 17.6 Å². The van der Waals surface area contributed by atoms with E-state index in [0.717, 1.165) is 56.5 Å². The maximum absolute atomic E-state index is 13.2. The summed E-state index contributed by atoms with van der Waals surface area (Å²) in [4.78, 5) is 13.3. The van der Waals surface area contributed by atoms with Gasteiger partial charge in [-0.15, -0.1) is 0 Å². The number of pyridine rings is 1. The molecular weight excluding hydrogens is 383 g/mol. The molecule has 3 N–H and O–H groups in total. The van der Waals surface area contributed by atoms with Gasteiger partial charge in [0.1, 0.15) is 5.82 Å². The number of hydrogen-bond donors (Lipinski definition) is 2. The number of nitrogens with one attached hydrogen (secondary N) is 1. The van der Waals surface area contributed by atoms with E-state index in [-0.39, 0.29) is 5.41 Å². The van der Waals surface area contributed by atoms with Crippen molar-refractivity contribution in [3.05, 3.63) is 47.8 Å². The molecule has 2 aliphatic rings. The monoisotopic (exact) mass is 403 g/mol. The van der Waals surface area contributed by atoms with Crippen molar-refractivity contribution >= 4 is 5.82 Å². The number of halogens is 3. The summed E-state index contributed by atoms with van der Waals surface area (Å²) in [5, 5.41) is 4.57. The molecule has 3 aromatic heterocycles. The summed E-state index contributed by atoms with van der Waals surface area (Å²) in [7, 11) is 0. The molecule has 1 spiro atoms. The van der Waals surface area contributed by atoms with Gasteiger partial charge < -0.3 is 10.7 Å². The van der Waals surface area contributed by atoms with E-state index >= 15 is 0 Å². The number of imidazole rings is 1. The summed E-state index contributed by atoms with van der Waals surface area (Å²) in [5.41, 5.74) is 7.47. The molecule has 0 bridgehead atoms. The average molecular weight is 403 g/mol. The highest BCUT2D eigenvalue weighted by Gasteiger charge is 2.45. The van der Waals surface area contributed by atoms with Crippen LogP contribution in [0.1, 0.15) is 29.8 Å². The van der Waals surface area contributed by atoms with Crippen LogP contribution in [0, 0.1) is 0 Å². The minimum Gasteiger partial charge on any atom is -0.383 e. The summed E-state index contributed by atoms with van der Waals surface area (Å²) in [5.74, 6) is -0.519. The van der Waals surface area contributed by atoms with Gasteiger partial charge in [-0.1, -0.05) is 0 Å². The molecule has 7 nitrogen and oxygen atoms in total. The normalized spacial score (nSPS) is 21.9. The molecule has 29 heavy (non-hydrogen) atoms. The second-order valence-corrected chi connectivity index (χ2v) is 7.86. The minimum atomic E-state index is -4.55. The van der Waals surface area contributed by atoms with Crippen LogP contribution in [-0.4, -0.2) is 42.7 Å². The number of aryl methyl sites for hydroxylation is 1. The van der Waals surface area contributed by atoms with Crippen LogP contribution in [0.4, 0.5) is 19.0 Å². The maximum atomic E-state index is 13.2. The third-order valence-corrected chi connectivity index (χ3v) is 6.03. The molecule has 3 aromatic rings. The molecular formula is C19H20F3N7. The number of nitrogen functional groups attached to an aromatic ring is 1. The first-order valence-corrected chi connectivity index (χ1v) is 9.45. The third kappa shape index (κ3) is 3.07.